The zero-order valence-electron chi connectivity index (χ0n) is 13.6. The molecular weight excluding hydrogens is 286 g/mol. The minimum Gasteiger partial charge on any atom is -0.314 e. The number of piperidine rings is 1. The first kappa shape index (κ1) is 17.2. The third kappa shape index (κ3) is 5.20. The molecule has 1 saturated heterocycles. The van der Waals surface area contributed by atoms with Crippen LogP contribution in [-0.2, 0) is 10.2 Å². The van der Waals surface area contributed by atoms with E-state index in [-0.39, 0.29) is 6.04 Å². The Kier molecular flexibility index (Phi) is 6.05. The van der Waals surface area contributed by atoms with E-state index in [1.165, 1.54) is 12.8 Å². The van der Waals surface area contributed by atoms with E-state index in [0.29, 0.717) is 31.0 Å². The van der Waals surface area contributed by atoms with Crippen LogP contribution >= 0.6 is 0 Å². The quantitative estimate of drug-likeness (QED) is 0.716. The maximum atomic E-state index is 12.5. The molecule has 2 aliphatic rings. The second-order valence-electron chi connectivity index (χ2n) is 6.93. The molecule has 0 aromatic heterocycles. The average molecular weight is 317 g/mol. The molecule has 21 heavy (non-hydrogen) atoms. The molecule has 1 aliphatic carbocycles. The summed E-state index contributed by atoms with van der Waals surface area (Å²) in [6.07, 6.45) is 5.49. The Hall–Kier alpha value is -0.170. The van der Waals surface area contributed by atoms with E-state index in [4.69, 9.17) is 0 Å². The van der Waals surface area contributed by atoms with Gasteiger partial charge in [0.25, 0.3) is 10.2 Å². The third-order valence-electron chi connectivity index (χ3n) is 4.64. The van der Waals surface area contributed by atoms with Crippen LogP contribution in [0.4, 0.5) is 0 Å². The molecule has 124 valence electrons. The van der Waals surface area contributed by atoms with Gasteiger partial charge in [0.05, 0.1) is 0 Å². The summed E-state index contributed by atoms with van der Waals surface area (Å²) in [7, 11) is -3.34. The van der Waals surface area contributed by atoms with Gasteiger partial charge in [-0.25, -0.2) is 0 Å². The van der Waals surface area contributed by atoms with E-state index in [2.05, 4.69) is 23.9 Å². The Morgan fingerprint density at radius 1 is 1.24 bits per heavy atom. The molecule has 0 bridgehead atoms. The molecule has 2 unspecified atom stereocenters. The molecule has 0 radical (unpaired) electrons. The average Bonchev–Trinajstić information content (AvgIpc) is 3.27. The summed E-state index contributed by atoms with van der Waals surface area (Å²) >= 11 is 0. The minimum absolute atomic E-state index is 0.0277. The number of rotatable bonds is 8. The van der Waals surface area contributed by atoms with Crippen molar-refractivity contribution in [3.8, 4) is 0 Å². The predicted octanol–water partition coefficient (Wildman–Crippen LogP) is 1.72. The van der Waals surface area contributed by atoms with E-state index in [1.54, 1.807) is 4.31 Å². The lowest BCUT2D eigenvalue weighted by Crippen LogP contribution is -2.51. The summed E-state index contributed by atoms with van der Waals surface area (Å²) in [5.41, 5.74) is 0. The Morgan fingerprint density at radius 3 is 2.52 bits per heavy atom. The topological polar surface area (TPSA) is 61.4 Å². The van der Waals surface area contributed by atoms with Crippen molar-refractivity contribution in [3.05, 3.63) is 0 Å². The van der Waals surface area contributed by atoms with Crippen molar-refractivity contribution >= 4 is 10.2 Å². The van der Waals surface area contributed by atoms with Crippen molar-refractivity contribution in [3.63, 3.8) is 0 Å². The molecule has 6 heteroatoms. The summed E-state index contributed by atoms with van der Waals surface area (Å²) < 4.78 is 29.6. The van der Waals surface area contributed by atoms with Gasteiger partial charge in [-0.1, -0.05) is 20.8 Å². The van der Waals surface area contributed by atoms with Crippen LogP contribution in [0.2, 0.25) is 0 Å². The Labute approximate surface area is 130 Å². The largest absolute Gasteiger partial charge is 0.314 e. The summed E-state index contributed by atoms with van der Waals surface area (Å²) in [4.78, 5) is 0. The normalized spacial score (nSPS) is 26.2. The molecule has 2 fully saturated rings. The summed E-state index contributed by atoms with van der Waals surface area (Å²) in [5, 5.41) is 3.53. The molecule has 1 heterocycles. The number of hydrogen-bond donors (Lipinski definition) is 2. The van der Waals surface area contributed by atoms with Gasteiger partial charge in [-0.15, -0.1) is 0 Å². The molecular formula is C15H31N3O2S. The second kappa shape index (κ2) is 7.40. The molecule has 2 N–H and O–H groups in total. The Bertz CT molecular complexity index is 421. The van der Waals surface area contributed by atoms with Crippen LogP contribution in [0.15, 0.2) is 0 Å². The molecule has 2 rings (SSSR count). The smallest absolute Gasteiger partial charge is 0.279 e. The van der Waals surface area contributed by atoms with Gasteiger partial charge in [0.15, 0.2) is 0 Å². The fraction of sp³-hybridized carbons (Fsp3) is 1.00. The lowest BCUT2D eigenvalue weighted by Gasteiger charge is -2.33. The van der Waals surface area contributed by atoms with Crippen LogP contribution in [0, 0.1) is 11.8 Å². The van der Waals surface area contributed by atoms with Crippen LogP contribution in [0.25, 0.3) is 0 Å². The maximum Gasteiger partial charge on any atom is 0.279 e. The molecule has 5 nitrogen and oxygen atoms in total. The van der Waals surface area contributed by atoms with Gasteiger partial charge in [-0.2, -0.15) is 17.4 Å². The molecule has 1 aliphatic heterocycles. The summed E-state index contributed by atoms with van der Waals surface area (Å²) in [6, 6.07) is 0.723. The lowest BCUT2D eigenvalue weighted by molar-refractivity contribution is 0.254. The van der Waals surface area contributed by atoms with Crippen LogP contribution in [0.3, 0.4) is 0 Å². The Balaban J connectivity index is 1.88. The minimum atomic E-state index is -3.34. The number of nitrogens with one attached hydrogen (secondary N) is 2. The van der Waals surface area contributed by atoms with E-state index in [9.17, 15) is 8.42 Å². The molecule has 0 aromatic rings. The van der Waals surface area contributed by atoms with Crippen LogP contribution in [0.5, 0.6) is 0 Å². The standard InChI is InChI=1S/C15H31N3O2S/c1-4-15(12(2)3)17-21(19,20)18-9-5-6-13(11-18)10-16-14-7-8-14/h12-17H,4-11H2,1-3H3. The first-order valence-corrected chi connectivity index (χ1v) is 9.87. The van der Waals surface area contributed by atoms with Crippen molar-refractivity contribution in [2.24, 2.45) is 11.8 Å². The SMILES string of the molecule is CCC(NS(=O)(=O)N1CCCC(CNC2CC2)C1)C(C)C. The number of hydrogen-bond acceptors (Lipinski definition) is 3. The van der Waals surface area contributed by atoms with Crippen molar-refractivity contribution in [2.75, 3.05) is 19.6 Å². The maximum absolute atomic E-state index is 12.5. The molecule has 2 atom stereocenters. The van der Waals surface area contributed by atoms with Crippen LogP contribution in [-0.4, -0.2) is 44.4 Å². The van der Waals surface area contributed by atoms with Gasteiger partial charge in [0.1, 0.15) is 0 Å². The molecule has 0 spiro atoms. The van der Waals surface area contributed by atoms with E-state index < -0.39 is 10.2 Å². The zero-order chi connectivity index (χ0) is 15.5. The van der Waals surface area contributed by atoms with E-state index >= 15 is 0 Å². The van der Waals surface area contributed by atoms with Crippen molar-refractivity contribution in [1.29, 1.82) is 0 Å². The van der Waals surface area contributed by atoms with E-state index in [1.807, 2.05) is 6.92 Å². The fourth-order valence-electron chi connectivity index (χ4n) is 2.99. The molecule has 0 amide bonds. The second-order valence-corrected chi connectivity index (χ2v) is 8.63. The van der Waals surface area contributed by atoms with Crippen molar-refractivity contribution < 1.29 is 8.42 Å². The third-order valence-corrected chi connectivity index (χ3v) is 6.25. The fourth-order valence-corrected chi connectivity index (χ4v) is 4.74. The van der Waals surface area contributed by atoms with Gasteiger partial charge in [-0.3, -0.25) is 0 Å². The highest BCUT2D eigenvalue weighted by Gasteiger charge is 2.31. The van der Waals surface area contributed by atoms with Crippen molar-refractivity contribution in [2.45, 2.75) is 65.0 Å². The summed E-state index contributed by atoms with van der Waals surface area (Å²) in [6.45, 7) is 8.43. The predicted molar refractivity (Wildman–Crippen MR) is 86.3 cm³/mol. The van der Waals surface area contributed by atoms with Crippen LogP contribution in [0.1, 0.15) is 52.9 Å². The van der Waals surface area contributed by atoms with Gasteiger partial charge >= 0.3 is 0 Å². The van der Waals surface area contributed by atoms with Gasteiger partial charge in [0.2, 0.25) is 0 Å². The summed E-state index contributed by atoms with van der Waals surface area (Å²) in [5.74, 6) is 0.775. The first-order chi connectivity index (χ1) is 9.92. The Morgan fingerprint density at radius 2 is 1.95 bits per heavy atom. The van der Waals surface area contributed by atoms with E-state index in [0.717, 1.165) is 25.8 Å². The molecule has 0 aromatic carbocycles. The molecule has 1 saturated carbocycles. The van der Waals surface area contributed by atoms with Gasteiger partial charge in [-0.05, 0) is 50.5 Å². The first-order valence-electron chi connectivity index (χ1n) is 8.43. The highest BCUT2D eigenvalue weighted by molar-refractivity contribution is 7.87. The number of nitrogens with zero attached hydrogens (tertiary/aromatic N) is 1. The van der Waals surface area contributed by atoms with Gasteiger partial charge in [0, 0.05) is 25.2 Å². The lowest BCUT2D eigenvalue weighted by atomic mass is 10.00. The highest BCUT2D eigenvalue weighted by atomic mass is 32.2. The van der Waals surface area contributed by atoms with Crippen molar-refractivity contribution in [1.82, 2.24) is 14.3 Å². The zero-order valence-corrected chi connectivity index (χ0v) is 14.5. The van der Waals surface area contributed by atoms with Crippen LogP contribution < -0.4 is 10.0 Å². The monoisotopic (exact) mass is 317 g/mol. The highest BCUT2D eigenvalue weighted by Crippen LogP contribution is 2.22. The van der Waals surface area contributed by atoms with Gasteiger partial charge < -0.3 is 5.32 Å².